The second kappa shape index (κ2) is 6.39. The van der Waals surface area contributed by atoms with E-state index >= 15 is 0 Å². The van der Waals surface area contributed by atoms with E-state index in [4.69, 9.17) is 11.6 Å². The van der Waals surface area contributed by atoms with E-state index in [0.717, 1.165) is 31.7 Å². The molecule has 7 heteroatoms. The molecule has 0 spiro atoms. The van der Waals surface area contributed by atoms with Gasteiger partial charge in [-0.25, -0.2) is 17.5 Å². The first-order valence-corrected chi connectivity index (χ1v) is 8.45. The van der Waals surface area contributed by atoms with Crippen molar-refractivity contribution < 1.29 is 12.8 Å². The lowest BCUT2D eigenvalue weighted by Crippen LogP contribution is -2.32. The van der Waals surface area contributed by atoms with Crippen LogP contribution in [-0.4, -0.2) is 21.5 Å². The zero-order valence-corrected chi connectivity index (χ0v) is 12.8. The Hall–Kier alpha value is -0.690. The Morgan fingerprint density at radius 2 is 2.00 bits per heavy atom. The van der Waals surface area contributed by atoms with Crippen molar-refractivity contribution in [1.29, 1.82) is 0 Å². The summed E-state index contributed by atoms with van der Waals surface area (Å²) in [6.07, 6.45) is 3.71. The molecule has 0 atom stereocenters. The highest BCUT2D eigenvalue weighted by Crippen LogP contribution is 2.26. The van der Waals surface area contributed by atoms with Gasteiger partial charge in [0, 0.05) is 12.6 Å². The lowest BCUT2D eigenvalue weighted by molar-refractivity contribution is 0.549. The molecule has 1 aromatic carbocycles. The van der Waals surface area contributed by atoms with Gasteiger partial charge in [0.2, 0.25) is 10.0 Å². The van der Waals surface area contributed by atoms with Gasteiger partial charge in [0.25, 0.3) is 0 Å². The quantitative estimate of drug-likeness (QED) is 0.876. The highest BCUT2D eigenvalue weighted by Gasteiger charge is 2.24. The number of sulfonamides is 1. The van der Waals surface area contributed by atoms with Gasteiger partial charge in [0.15, 0.2) is 0 Å². The van der Waals surface area contributed by atoms with Crippen LogP contribution in [0.5, 0.6) is 0 Å². The zero-order valence-electron chi connectivity index (χ0n) is 11.2. The normalized spacial score (nSPS) is 16.8. The third kappa shape index (κ3) is 3.49. The van der Waals surface area contributed by atoms with Gasteiger partial charge >= 0.3 is 0 Å². The molecule has 1 aliphatic rings. The maximum absolute atomic E-state index is 13.8. The first-order valence-electron chi connectivity index (χ1n) is 6.59. The summed E-state index contributed by atoms with van der Waals surface area (Å²) in [5.74, 6) is -0.716. The fourth-order valence-corrected chi connectivity index (χ4v) is 3.97. The molecule has 1 saturated carbocycles. The second-order valence-corrected chi connectivity index (χ2v) is 7.10. The smallest absolute Gasteiger partial charge is 0.240 e. The molecule has 0 aliphatic heterocycles. The van der Waals surface area contributed by atoms with Crippen molar-refractivity contribution in [1.82, 2.24) is 10.0 Å². The lowest BCUT2D eigenvalue weighted by atomic mass is 10.2. The Balaban J connectivity index is 2.30. The molecule has 20 heavy (non-hydrogen) atoms. The highest BCUT2D eigenvalue weighted by molar-refractivity contribution is 7.89. The molecule has 4 nitrogen and oxygen atoms in total. The van der Waals surface area contributed by atoms with Crippen LogP contribution in [0.15, 0.2) is 17.0 Å². The topological polar surface area (TPSA) is 58.2 Å². The minimum Gasteiger partial charge on any atom is -0.316 e. The van der Waals surface area contributed by atoms with Crippen LogP contribution < -0.4 is 10.0 Å². The van der Waals surface area contributed by atoms with E-state index < -0.39 is 15.8 Å². The summed E-state index contributed by atoms with van der Waals surface area (Å²) in [5.41, 5.74) is 0.431. The van der Waals surface area contributed by atoms with Crippen LogP contribution in [0.1, 0.15) is 31.2 Å². The van der Waals surface area contributed by atoms with Gasteiger partial charge in [0.1, 0.15) is 5.82 Å². The molecule has 0 amide bonds. The van der Waals surface area contributed by atoms with Crippen LogP contribution in [-0.2, 0) is 16.6 Å². The van der Waals surface area contributed by atoms with Crippen LogP contribution in [0.4, 0.5) is 4.39 Å². The summed E-state index contributed by atoms with van der Waals surface area (Å²) in [4.78, 5) is -0.0726. The van der Waals surface area contributed by atoms with Crippen molar-refractivity contribution in [2.24, 2.45) is 0 Å². The molecule has 0 bridgehead atoms. The number of benzene rings is 1. The molecule has 2 N–H and O–H groups in total. The summed E-state index contributed by atoms with van der Waals surface area (Å²) in [5, 5.41) is 2.80. The summed E-state index contributed by atoms with van der Waals surface area (Å²) in [6.45, 7) is 0.308. The average Bonchev–Trinajstić information content (AvgIpc) is 2.87. The van der Waals surface area contributed by atoms with Gasteiger partial charge < -0.3 is 5.32 Å². The van der Waals surface area contributed by atoms with E-state index in [9.17, 15) is 12.8 Å². The van der Waals surface area contributed by atoms with Gasteiger partial charge in [-0.1, -0.05) is 24.4 Å². The Kier molecular flexibility index (Phi) is 5.01. The first-order chi connectivity index (χ1) is 9.44. The minimum absolute atomic E-state index is 0.0424. The number of halogens is 2. The molecule has 2 rings (SSSR count). The van der Waals surface area contributed by atoms with Gasteiger partial charge in [-0.3, -0.25) is 0 Å². The third-order valence-electron chi connectivity index (χ3n) is 3.43. The Morgan fingerprint density at radius 1 is 1.35 bits per heavy atom. The number of hydrogen-bond donors (Lipinski definition) is 2. The summed E-state index contributed by atoms with van der Waals surface area (Å²) >= 11 is 5.83. The number of nitrogens with one attached hydrogen (secondary N) is 2. The molecule has 0 radical (unpaired) electrons. The second-order valence-electron chi connectivity index (χ2n) is 5.01. The largest absolute Gasteiger partial charge is 0.316 e. The predicted molar refractivity (Wildman–Crippen MR) is 76.8 cm³/mol. The van der Waals surface area contributed by atoms with E-state index in [1.54, 1.807) is 7.05 Å². The van der Waals surface area contributed by atoms with Crippen molar-refractivity contribution in [3.05, 3.63) is 28.5 Å². The van der Waals surface area contributed by atoms with E-state index in [1.165, 1.54) is 6.07 Å². The predicted octanol–water partition coefficient (Wildman–Crippen LogP) is 2.42. The Morgan fingerprint density at radius 3 is 2.60 bits per heavy atom. The SMILES string of the molecule is CNCc1cc(S(=O)(=O)NC2CCCC2)cc(F)c1Cl. The lowest BCUT2D eigenvalue weighted by Gasteiger charge is -2.14. The molecule has 112 valence electrons. The summed E-state index contributed by atoms with van der Waals surface area (Å²) < 4.78 is 40.9. The third-order valence-corrected chi connectivity index (χ3v) is 5.35. The standard InChI is InChI=1S/C13H18ClFN2O2S/c1-16-8-9-6-11(7-12(15)13(9)14)20(18,19)17-10-4-2-3-5-10/h6-7,10,16-17H,2-5,8H2,1H3. The van der Waals surface area contributed by atoms with E-state index in [2.05, 4.69) is 10.0 Å². The Labute approximate surface area is 123 Å². The van der Waals surface area contributed by atoms with E-state index in [1.807, 2.05) is 0 Å². The maximum atomic E-state index is 13.8. The van der Waals surface area contributed by atoms with E-state index in [-0.39, 0.29) is 16.0 Å². The van der Waals surface area contributed by atoms with Crippen molar-refractivity contribution in [3.63, 3.8) is 0 Å². The molecule has 1 aromatic rings. The fraction of sp³-hybridized carbons (Fsp3) is 0.538. The van der Waals surface area contributed by atoms with Crippen LogP contribution in [0.25, 0.3) is 0 Å². The molecular weight excluding hydrogens is 303 g/mol. The molecule has 1 fully saturated rings. The van der Waals surface area contributed by atoms with Gasteiger partial charge in [-0.2, -0.15) is 0 Å². The van der Waals surface area contributed by atoms with Crippen molar-refractivity contribution in [2.45, 2.75) is 43.2 Å². The fourth-order valence-electron chi connectivity index (χ4n) is 2.42. The molecular formula is C13H18ClFN2O2S. The van der Waals surface area contributed by atoms with E-state index in [0.29, 0.717) is 12.1 Å². The molecule has 1 aliphatic carbocycles. The summed E-state index contributed by atoms with van der Waals surface area (Å²) in [7, 11) is -2.01. The van der Waals surface area contributed by atoms with Crippen LogP contribution >= 0.6 is 11.6 Å². The zero-order chi connectivity index (χ0) is 14.8. The van der Waals surface area contributed by atoms with Crippen LogP contribution in [0.3, 0.4) is 0 Å². The van der Waals surface area contributed by atoms with Crippen molar-refractivity contribution in [2.75, 3.05) is 7.05 Å². The van der Waals surface area contributed by atoms with Crippen molar-refractivity contribution >= 4 is 21.6 Å². The highest BCUT2D eigenvalue weighted by atomic mass is 35.5. The Bertz CT molecular complexity index is 586. The minimum atomic E-state index is -3.70. The number of rotatable bonds is 5. The molecule has 0 unspecified atom stereocenters. The average molecular weight is 321 g/mol. The first kappa shape index (κ1) is 15.7. The molecule has 0 heterocycles. The van der Waals surface area contributed by atoms with Gasteiger partial charge in [-0.05, 0) is 37.6 Å². The van der Waals surface area contributed by atoms with Crippen molar-refractivity contribution in [3.8, 4) is 0 Å². The molecule has 0 saturated heterocycles. The van der Waals surface area contributed by atoms with Gasteiger partial charge in [0.05, 0.1) is 9.92 Å². The van der Waals surface area contributed by atoms with Crippen LogP contribution in [0, 0.1) is 5.82 Å². The summed E-state index contributed by atoms with van der Waals surface area (Å²) in [6, 6.07) is 2.34. The maximum Gasteiger partial charge on any atom is 0.240 e. The van der Waals surface area contributed by atoms with Gasteiger partial charge in [-0.15, -0.1) is 0 Å². The molecule has 0 aromatic heterocycles. The number of hydrogen-bond acceptors (Lipinski definition) is 3. The monoisotopic (exact) mass is 320 g/mol. The van der Waals surface area contributed by atoms with Crippen LogP contribution in [0.2, 0.25) is 5.02 Å².